The van der Waals surface area contributed by atoms with Gasteiger partial charge in [-0.05, 0) is 37.0 Å². The fourth-order valence-electron chi connectivity index (χ4n) is 3.74. The van der Waals surface area contributed by atoms with E-state index in [4.69, 9.17) is 0 Å². The lowest BCUT2D eigenvalue weighted by atomic mass is 9.88. The first-order chi connectivity index (χ1) is 9.13. The number of nitrogens with one attached hydrogen (secondary N) is 1. The number of fused-ring (bicyclic) bond motifs is 2. The maximum absolute atomic E-state index is 12.4. The molecule has 1 N–H and O–H groups in total. The van der Waals surface area contributed by atoms with Crippen molar-refractivity contribution in [2.45, 2.75) is 46.1 Å². The molecule has 4 heteroatoms. The first-order valence-electron chi connectivity index (χ1n) is 7.45. The van der Waals surface area contributed by atoms with Gasteiger partial charge in [0.1, 0.15) is 0 Å². The molecule has 1 heterocycles. The topological polar surface area (TPSA) is 46.9 Å². The molecule has 0 radical (unpaired) electrons. The second-order valence-electron chi connectivity index (χ2n) is 6.57. The fraction of sp³-hybridized carbons (Fsp3) is 0.733. The molecule has 2 saturated carbocycles. The van der Waals surface area contributed by atoms with E-state index in [2.05, 4.69) is 24.1 Å². The van der Waals surface area contributed by atoms with Crippen LogP contribution in [0.3, 0.4) is 0 Å². The van der Waals surface area contributed by atoms with E-state index in [0.717, 1.165) is 18.9 Å². The molecule has 1 aromatic rings. The van der Waals surface area contributed by atoms with Crippen molar-refractivity contribution in [2.75, 3.05) is 5.32 Å². The summed E-state index contributed by atoms with van der Waals surface area (Å²) in [7, 11) is 0. The average molecular weight is 261 g/mol. The third-order valence-electron chi connectivity index (χ3n) is 4.59. The summed E-state index contributed by atoms with van der Waals surface area (Å²) in [5, 5.41) is 3.04. The molecule has 2 aliphatic rings. The average Bonchev–Trinajstić information content (AvgIpc) is 3.05. The van der Waals surface area contributed by atoms with E-state index in [-0.39, 0.29) is 11.8 Å². The van der Waals surface area contributed by atoms with Crippen LogP contribution < -0.4 is 5.32 Å². The summed E-state index contributed by atoms with van der Waals surface area (Å²) in [5.41, 5.74) is 0. The lowest BCUT2D eigenvalue weighted by Gasteiger charge is -2.21. The third kappa shape index (κ3) is 2.53. The number of aromatic nitrogens is 2. The third-order valence-corrected chi connectivity index (χ3v) is 4.59. The molecule has 1 amide bonds. The Bertz CT molecular complexity index is 466. The van der Waals surface area contributed by atoms with Crippen LogP contribution in [0.1, 0.15) is 39.5 Å². The van der Waals surface area contributed by atoms with Crippen LogP contribution >= 0.6 is 0 Å². The van der Waals surface area contributed by atoms with Crippen LogP contribution in [0.15, 0.2) is 12.4 Å². The van der Waals surface area contributed by atoms with Crippen molar-refractivity contribution >= 4 is 11.9 Å². The van der Waals surface area contributed by atoms with Gasteiger partial charge in [0.05, 0.1) is 0 Å². The number of hydrogen-bond acceptors (Lipinski definition) is 2. The smallest absolute Gasteiger partial charge is 0.230 e. The quantitative estimate of drug-likeness (QED) is 0.906. The van der Waals surface area contributed by atoms with E-state index in [9.17, 15) is 4.79 Å². The molecule has 2 bridgehead atoms. The van der Waals surface area contributed by atoms with Gasteiger partial charge in [-0.15, -0.1) is 0 Å². The van der Waals surface area contributed by atoms with Crippen LogP contribution in [0.2, 0.25) is 0 Å². The highest BCUT2D eigenvalue weighted by atomic mass is 16.2. The molecule has 1 aromatic heterocycles. The van der Waals surface area contributed by atoms with Crippen molar-refractivity contribution in [3.05, 3.63) is 12.4 Å². The van der Waals surface area contributed by atoms with Gasteiger partial charge in [-0.3, -0.25) is 10.1 Å². The largest absolute Gasteiger partial charge is 0.317 e. The maximum Gasteiger partial charge on any atom is 0.230 e. The standard InChI is InChI=1S/C15H23N3O/c1-10(2)9-18-6-5-16-15(18)17-14(19)13-8-11-3-4-12(13)7-11/h5-6,10-13H,3-4,7-9H2,1-2H3,(H,16,17,19)/t11-,12-,13+/m0/s1. The Labute approximate surface area is 114 Å². The first kappa shape index (κ1) is 12.7. The van der Waals surface area contributed by atoms with E-state index in [1.165, 1.54) is 19.3 Å². The zero-order valence-corrected chi connectivity index (χ0v) is 11.8. The monoisotopic (exact) mass is 261 g/mol. The molecule has 0 aromatic carbocycles. The molecule has 19 heavy (non-hydrogen) atoms. The summed E-state index contributed by atoms with van der Waals surface area (Å²) in [6.45, 7) is 5.23. The number of imidazole rings is 1. The minimum atomic E-state index is 0.184. The molecule has 0 saturated heterocycles. The van der Waals surface area contributed by atoms with Gasteiger partial charge in [0.2, 0.25) is 11.9 Å². The van der Waals surface area contributed by atoms with Gasteiger partial charge in [0.25, 0.3) is 0 Å². The van der Waals surface area contributed by atoms with E-state index >= 15 is 0 Å². The number of nitrogens with zero attached hydrogens (tertiary/aromatic N) is 2. The summed E-state index contributed by atoms with van der Waals surface area (Å²) in [5.74, 6) is 3.09. The molecule has 3 rings (SSSR count). The van der Waals surface area contributed by atoms with Crippen LogP contribution in [-0.4, -0.2) is 15.5 Å². The first-order valence-corrected chi connectivity index (χ1v) is 7.45. The molecular formula is C15H23N3O. The summed E-state index contributed by atoms with van der Waals surface area (Å²) >= 11 is 0. The molecule has 3 atom stereocenters. The van der Waals surface area contributed by atoms with E-state index in [1.807, 2.05) is 10.8 Å². The Hall–Kier alpha value is -1.32. The lowest BCUT2D eigenvalue weighted by molar-refractivity contribution is -0.121. The van der Waals surface area contributed by atoms with Crippen LogP contribution in [0.4, 0.5) is 5.95 Å². The van der Waals surface area contributed by atoms with Crippen LogP contribution in [0.5, 0.6) is 0 Å². The van der Waals surface area contributed by atoms with Crippen LogP contribution in [0.25, 0.3) is 0 Å². The molecule has 2 fully saturated rings. The Morgan fingerprint density at radius 2 is 2.32 bits per heavy atom. The van der Waals surface area contributed by atoms with E-state index in [1.54, 1.807) is 6.20 Å². The Morgan fingerprint density at radius 3 is 2.95 bits per heavy atom. The van der Waals surface area contributed by atoms with Crippen molar-refractivity contribution < 1.29 is 4.79 Å². The van der Waals surface area contributed by atoms with Gasteiger partial charge in [0.15, 0.2) is 0 Å². The number of amides is 1. The van der Waals surface area contributed by atoms with Crippen LogP contribution in [-0.2, 0) is 11.3 Å². The Balaban J connectivity index is 1.65. The minimum absolute atomic E-state index is 0.184. The summed E-state index contributed by atoms with van der Waals surface area (Å²) < 4.78 is 2.04. The molecule has 0 unspecified atom stereocenters. The molecule has 0 aliphatic heterocycles. The second-order valence-corrected chi connectivity index (χ2v) is 6.57. The highest BCUT2D eigenvalue weighted by molar-refractivity contribution is 5.91. The number of carbonyl (C=O) groups is 1. The van der Waals surface area contributed by atoms with Crippen molar-refractivity contribution in [3.63, 3.8) is 0 Å². The number of carbonyl (C=O) groups excluding carboxylic acids is 1. The number of hydrogen-bond donors (Lipinski definition) is 1. The molecule has 104 valence electrons. The summed E-state index contributed by atoms with van der Waals surface area (Å²) in [6.07, 6.45) is 8.62. The van der Waals surface area contributed by atoms with Crippen molar-refractivity contribution in [1.29, 1.82) is 0 Å². The predicted molar refractivity (Wildman–Crippen MR) is 74.6 cm³/mol. The zero-order valence-electron chi connectivity index (χ0n) is 11.8. The molecule has 0 spiro atoms. The number of rotatable bonds is 4. The van der Waals surface area contributed by atoms with Gasteiger partial charge in [-0.2, -0.15) is 0 Å². The summed E-state index contributed by atoms with van der Waals surface area (Å²) in [4.78, 5) is 16.6. The van der Waals surface area contributed by atoms with Gasteiger partial charge < -0.3 is 4.57 Å². The maximum atomic E-state index is 12.4. The second kappa shape index (κ2) is 4.99. The Morgan fingerprint density at radius 1 is 1.47 bits per heavy atom. The molecular weight excluding hydrogens is 238 g/mol. The van der Waals surface area contributed by atoms with E-state index < -0.39 is 0 Å². The van der Waals surface area contributed by atoms with Crippen molar-refractivity contribution in [2.24, 2.45) is 23.7 Å². The minimum Gasteiger partial charge on any atom is -0.317 e. The predicted octanol–water partition coefficient (Wildman–Crippen LogP) is 2.91. The lowest BCUT2D eigenvalue weighted by Crippen LogP contribution is -2.28. The van der Waals surface area contributed by atoms with Crippen molar-refractivity contribution in [3.8, 4) is 0 Å². The van der Waals surface area contributed by atoms with Crippen molar-refractivity contribution in [1.82, 2.24) is 9.55 Å². The van der Waals surface area contributed by atoms with Gasteiger partial charge in [-0.25, -0.2) is 4.98 Å². The highest BCUT2D eigenvalue weighted by Crippen LogP contribution is 2.48. The summed E-state index contributed by atoms with van der Waals surface area (Å²) in [6, 6.07) is 0. The van der Waals surface area contributed by atoms with Gasteiger partial charge in [0, 0.05) is 24.9 Å². The molecule has 2 aliphatic carbocycles. The zero-order chi connectivity index (χ0) is 13.4. The van der Waals surface area contributed by atoms with Gasteiger partial charge in [-0.1, -0.05) is 20.3 Å². The SMILES string of the molecule is CC(C)Cn1ccnc1NC(=O)[C@@H]1C[C@H]2CC[C@H]1C2. The highest BCUT2D eigenvalue weighted by Gasteiger charge is 2.43. The van der Waals surface area contributed by atoms with Gasteiger partial charge >= 0.3 is 0 Å². The fourth-order valence-corrected chi connectivity index (χ4v) is 3.74. The number of anilines is 1. The Kier molecular flexibility index (Phi) is 3.33. The van der Waals surface area contributed by atoms with E-state index in [0.29, 0.717) is 17.8 Å². The normalized spacial score (nSPS) is 29.1. The van der Waals surface area contributed by atoms with Crippen LogP contribution in [0, 0.1) is 23.7 Å². The molecule has 4 nitrogen and oxygen atoms in total.